The Balaban J connectivity index is 2.57. The number of carbonyl (C=O) groups is 1. The van der Waals surface area contributed by atoms with Crippen LogP contribution in [0.1, 0.15) is 17.5 Å². The molecule has 15 heavy (non-hydrogen) atoms. The van der Waals surface area contributed by atoms with Crippen molar-refractivity contribution in [2.45, 2.75) is 19.8 Å². The Bertz CT molecular complexity index is 486. The third-order valence-electron chi connectivity index (χ3n) is 2.79. The summed E-state index contributed by atoms with van der Waals surface area (Å²) in [5.41, 5.74) is 2.58. The predicted octanol–water partition coefficient (Wildman–Crippen LogP) is 3.28. The monoisotopic (exact) mass is 198 g/mol. The summed E-state index contributed by atoms with van der Waals surface area (Å²) >= 11 is 0. The number of hydrogen-bond acceptors (Lipinski definition) is 1. The molecule has 2 aromatic rings. The number of aryl methyl sites for hydroxylation is 2. The third-order valence-corrected chi connectivity index (χ3v) is 2.79. The Hall–Kier alpha value is -1.63. The molecule has 76 valence electrons. The molecule has 1 heteroatoms. The van der Waals surface area contributed by atoms with Gasteiger partial charge in [-0.15, -0.1) is 0 Å². The van der Waals surface area contributed by atoms with E-state index in [4.69, 9.17) is 0 Å². The van der Waals surface area contributed by atoms with E-state index in [-0.39, 0.29) is 0 Å². The molecule has 0 bridgehead atoms. The Morgan fingerprint density at radius 3 is 2.73 bits per heavy atom. The Morgan fingerprint density at radius 1 is 1.13 bits per heavy atom. The molecule has 0 aromatic heterocycles. The molecule has 0 saturated heterocycles. The molecule has 0 N–H and O–H groups in total. The fourth-order valence-corrected chi connectivity index (χ4v) is 1.98. The number of fused-ring (bicyclic) bond motifs is 1. The van der Waals surface area contributed by atoms with Gasteiger partial charge in [0.1, 0.15) is 6.29 Å². The van der Waals surface area contributed by atoms with Gasteiger partial charge in [0, 0.05) is 6.42 Å². The van der Waals surface area contributed by atoms with Crippen LogP contribution in [0.4, 0.5) is 0 Å². The Labute approximate surface area is 89.7 Å². The molecule has 0 heterocycles. The second kappa shape index (κ2) is 4.26. The van der Waals surface area contributed by atoms with E-state index in [1.807, 2.05) is 12.1 Å². The van der Waals surface area contributed by atoms with Gasteiger partial charge in [-0.2, -0.15) is 0 Å². The number of aldehydes is 1. The fraction of sp³-hybridized carbons (Fsp3) is 0.214. The highest BCUT2D eigenvalue weighted by atomic mass is 16.1. The lowest BCUT2D eigenvalue weighted by atomic mass is 9.96. The molecule has 2 rings (SSSR count). The summed E-state index contributed by atoms with van der Waals surface area (Å²) in [7, 11) is 0. The average molecular weight is 198 g/mol. The van der Waals surface area contributed by atoms with Gasteiger partial charge in [-0.25, -0.2) is 0 Å². The van der Waals surface area contributed by atoms with E-state index in [9.17, 15) is 4.79 Å². The molecule has 0 amide bonds. The van der Waals surface area contributed by atoms with Gasteiger partial charge in [0.05, 0.1) is 0 Å². The van der Waals surface area contributed by atoms with Crippen molar-refractivity contribution in [2.75, 3.05) is 0 Å². The number of rotatable bonds is 3. The second-order valence-corrected chi connectivity index (χ2v) is 3.79. The van der Waals surface area contributed by atoms with Gasteiger partial charge in [0.25, 0.3) is 0 Å². The molecule has 0 atom stereocenters. The van der Waals surface area contributed by atoms with Gasteiger partial charge in [-0.3, -0.25) is 0 Å². The zero-order valence-corrected chi connectivity index (χ0v) is 8.86. The van der Waals surface area contributed by atoms with Crippen molar-refractivity contribution in [1.29, 1.82) is 0 Å². The summed E-state index contributed by atoms with van der Waals surface area (Å²) in [6.45, 7) is 2.10. The molecule has 0 spiro atoms. The molecule has 0 radical (unpaired) electrons. The quantitative estimate of drug-likeness (QED) is 0.692. The standard InChI is InChI=1S/C14H14O/c1-11-8-9-12-5-2-3-6-14(12)13(11)7-4-10-15/h2-3,5-6,8-10H,4,7H2,1H3. The highest BCUT2D eigenvalue weighted by Gasteiger charge is 2.03. The fourth-order valence-electron chi connectivity index (χ4n) is 1.98. The maximum Gasteiger partial charge on any atom is 0.120 e. The van der Waals surface area contributed by atoms with Gasteiger partial charge in [0.2, 0.25) is 0 Å². The lowest BCUT2D eigenvalue weighted by Crippen LogP contribution is -1.92. The smallest absolute Gasteiger partial charge is 0.120 e. The van der Waals surface area contributed by atoms with Crippen LogP contribution in [-0.4, -0.2) is 6.29 Å². The van der Waals surface area contributed by atoms with Crippen molar-refractivity contribution in [3.05, 3.63) is 47.5 Å². The van der Waals surface area contributed by atoms with Gasteiger partial charge in [-0.05, 0) is 35.2 Å². The van der Waals surface area contributed by atoms with Crippen molar-refractivity contribution in [1.82, 2.24) is 0 Å². The zero-order chi connectivity index (χ0) is 10.7. The zero-order valence-electron chi connectivity index (χ0n) is 8.86. The first-order chi connectivity index (χ1) is 7.33. The molecule has 0 saturated carbocycles. The Morgan fingerprint density at radius 2 is 1.93 bits per heavy atom. The van der Waals surface area contributed by atoms with Gasteiger partial charge in [-0.1, -0.05) is 36.4 Å². The first-order valence-corrected chi connectivity index (χ1v) is 5.24. The first-order valence-electron chi connectivity index (χ1n) is 5.24. The number of hydrogen-bond donors (Lipinski definition) is 0. The SMILES string of the molecule is Cc1ccc2ccccc2c1CCC=O. The summed E-state index contributed by atoms with van der Waals surface area (Å²) in [6.07, 6.45) is 2.44. The van der Waals surface area contributed by atoms with E-state index in [1.165, 1.54) is 21.9 Å². The normalized spacial score (nSPS) is 10.5. The number of carbonyl (C=O) groups excluding carboxylic acids is 1. The van der Waals surface area contributed by atoms with Gasteiger partial charge in [0.15, 0.2) is 0 Å². The van der Waals surface area contributed by atoms with Crippen LogP contribution in [0.2, 0.25) is 0 Å². The summed E-state index contributed by atoms with van der Waals surface area (Å²) in [5.74, 6) is 0. The largest absolute Gasteiger partial charge is 0.303 e. The lowest BCUT2D eigenvalue weighted by Gasteiger charge is -2.08. The van der Waals surface area contributed by atoms with Crippen LogP contribution in [-0.2, 0) is 11.2 Å². The lowest BCUT2D eigenvalue weighted by molar-refractivity contribution is -0.107. The molecule has 0 aliphatic heterocycles. The molecule has 1 nitrogen and oxygen atoms in total. The van der Waals surface area contributed by atoms with Crippen LogP contribution >= 0.6 is 0 Å². The van der Waals surface area contributed by atoms with Crippen LogP contribution in [0.3, 0.4) is 0 Å². The first kappa shape index (κ1) is 9.91. The summed E-state index contributed by atoms with van der Waals surface area (Å²) in [5, 5.41) is 2.53. The summed E-state index contributed by atoms with van der Waals surface area (Å²) in [6, 6.07) is 12.6. The van der Waals surface area contributed by atoms with Crippen LogP contribution in [0.25, 0.3) is 10.8 Å². The van der Waals surface area contributed by atoms with E-state index in [0.29, 0.717) is 6.42 Å². The highest BCUT2D eigenvalue weighted by molar-refractivity contribution is 5.86. The van der Waals surface area contributed by atoms with Crippen molar-refractivity contribution in [3.63, 3.8) is 0 Å². The number of benzene rings is 2. The van der Waals surface area contributed by atoms with Gasteiger partial charge < -0.3 is 4.79 Å². The van der Waals surface area contributed by atoms with Crippen LogP contribution < -0.4 is 0 Å². The van der Waals surface area contributed by atoms with Crippen LogP contribution in [0.5, 0.6) is 0 Å². The maximum absolute atomic E-state index is 10.4. The minimum absolute atomic E-state index is 0.606. The third kappa shape index (κ3) is 1.91. The van der Waals surface area contributed by atoms with Crippen LogP contribution in [0, 0.1) is 6.92 Å². The summed E-state index contributed by atoms with van der Waals surface area (Å²) < 4.78 is 0. The minimum Gasteiger partial charge on any atom is -0.303 e. The average Bonchev–Trinajstić information content (AvgIpc) is 2.28. The van der Waals surface area contributed by atoms with Crippen molar-refractivity contribution < 1.29 is 4.79 Å². The van der Waals surface area contributed by atoms with Crippen LogP contribution in [0.15, 0.2) is 36.4 Å². The molecule has 0 aliphatic carbocycles. The molecular weight excluding hydrogens is 184 g/mol. The topological polar surface area (TPSA) is 17.1 Å². The van der Waals surface area contributed by atoms with E-state index < -0.39 is 0 Å². The highest BCUT2D eigenvalue weighted by Crippen LogP contribution is 2.22. The van der Waals surface area contributed by atoms with E-state index in [2.05, 4.69) is 31.2 Å². The predicted molar refractivity (Wildman–Crippen MR) is 63.1 cm³/mol. The van der Waals surface area contributed by atoms with Crippen molar-refractivity contribution in [2.24, 2.45) is 0 Å². The van der Waals surface area contributed by atoms with E-state index in [0.717, 1.165) is 12.7 Å². The Kier molecular flexibility index (Phi) is 2.82. The molecule has 0 aliphatic rings. The van der Waals surface area contributed by atoms with Crippen molar-refractivity contribution >= 4 is 17.1 Å². The summed E-state index contributed by atoms with van der Waals surface area (Å²) in [4.78, 5) is 10.4. The molecule has 0 fully saturated rings. The van der Waals surface area contributed by atoms with E-state index in [1.54, 1.807) is 0 Å². The molecule has 0 unspecified atom stereocenters. The second-order valence-electron chi connectivity index (χ2n) is 3.79. The molecule has 2 aromatic carbocycles. The van der Waals surface area contributed by atoms with Crippen molar-refractivity contribution in [3.8, 4) is 0 Å². The van der Waals surface area contributed by atoms with Gasteiger partial charge >= 0.3 is 0 Å². The maximum atomic E-state index is 10.4. The van der Waals surface area contributed by atoms with E-state index >= 15 is 0 Å². The molecular formula is C14H14O. The minimum atomic E-state index is 0.606.